The van der Waals surface area contributed by atoms with Gasteiger partial charge in [0.2, 0.25) is 0 Å². The van der Waals surface area contributed by atoms with Crippen LogP contribution in [0.15, 0.2) is 18.2 Å². The van der Waals surface area contributed by atoms with Crippen molar-refractivity contribution in [1.29, 1.82) is 0 Å². The van der Waals surface area contributed by atoms with Crippen LogP contribution in [-0.4, -0.2) is 21.3 Å². The van der Waals surface area contributed by atoms with Gasteiger partial charge in [-0.3, -0.25) is 4.79 Å². The smallest absolute Gasteiger partial charge is 0.173 e. The molecule has 0 aliphatic heterocycles. The number of ketones is 1. The quantitative estimate of drug-likeness (QED) is 0.632. The molecule has 0 aromatic heterocycles. The zero-order valence-electron chi connectivity index (χ0n) is 7.53. The van der Waals surface area contributed by atoms with E-state index < -0.39 is 0 Å². The van der Waals surface area contributed by atoms with E-state index in [1.807, 2.05) is 0 Å². The topological polar surface area (TPSA) is 57.5 Å². The van der Waals surface area contributed by atoms with E-state index in [0.717, 1.165) is 0 Å². The summed E-state index contributed by atoms with van der Waals surface area (Å²) in [5, 5.41) is 18.1. The SMILES string of the molecule is O=C(CBr)c1ccc(CO)cc1CO. The first kappa shape index (κ1) is 11.4. The lowest BCUT2D eigenvalue weighted by atomic mass is 10.0. The van der Waals surface area contributed by atoms with Crippen LogP contribution in [0.4, 0.5) is 0 Å². The van der Waals surface area contributed by atoms with Crippen molar-refractivity contribution in [3.8, 4) is 0 Å². The molecular formula is C10H11BrO3. The van der Waals surface area contributed by atoms with E-state index >= 15 is 0 Å². The molecule has 0 aliphatic rings. The summed E-state index contributed by atoms with van der Waals surface area (Å²) in [6.07, 6.45) is 0. The van der Waals surface area contributed by atoms with Crippen molar-refractivity contribution in [3.05, 3.63) is 34.9 Å². The minimum Gasteiger partial charge on any atom is -0.392 e. The Balaban J connectivity index is 3.11. The third kappa shape index (κ3) is 2.41. The number of benzene rings is 1. The van der Waals surface area contributed by atoms with Gasteiger partial charge in [-0.15, -0.1) is 0 Å². The molecule has 3 nitrogen and oxygen atoms in total. The zero-order chi connectivity index (χ0) is 10.6. The lowest BCUT2D eigenvalue weighted by Crippen LogP contribution is -2.05. The van der Waals surface area contributed by atoms with Gasteiger partial charge in [0.25, 0.3) is 0 Å². The summed E-state index contributed by atoms with van der Waals surface area (Å²) in [5.74, 6) is -0.0708. The number of Topliss-reactive ketones (excluding diaryl/α,β-unsaturated/α-hetero) is 1. The molecule has 0 saturated carbocycles. The Morgan fingerprint density at radius 2 is 2.00 bits per heavy atom. The highest BCUT2D eigenvalue weighted by Crippen LogP contribution is 2.14. The Bertz CT molecular complexity index is 336. The summed E-state index contributed by atoms with van der Waals surface area (Å²) in [6, 6.07) is 4.94. The van der Waals surface area contributed by atoms with Crippen molar-refractivity contribution in [2.75, 3.05) is 5.33 Å². The van der Waals surface area contributed by atoms with E-state index in [2.05, 4.69) is 15.9 Å². The fourth-order valence-electron chi connectivity index (χ4n) is 1.22. The summed E-state index contributed by atoms with van der Waals surface area (Å²) in [5.41, 5.74) is 1.75. The third-order valence-electron chi connectivity index (χ3n) is 1.94. The van der Waals surface area contributed by atoms with Crippen LogP contribution in [0.1, 0.15) is 21.5 Å². The number of rotatable bonds is 4. The number of hydrogen-bond donors (Lipinski definition) is 2. The summed E-state index contributed by atoms with van der Waals surface area (Å²) < 4.78 is 0. The van der Waals surface area contributed by atoms with Crippen molar-refractivity contribution in [3.63, 3.8) is 0 Å². The number of aliphatic hydroxyl groups is 2. The maximum absolute atomic E-state index is 11.4. The van der Waals surface area contributed by atoms with Gasteiger partial charge in [0.15, 0.2) is 5.78 Å². The molecule has 0 amide bonds. The molecule has 4 heteroatoms. The van der Waals surface area contributed by atoms with Crippen LogP contribution in [-0.2, 0) is 13.2 Å². The molecular weight excluding hydrogens is 248 g/mol. The molecule has 14 heavy (non-hydrogen) atoms. The first-order valence-electron chi connectivity index (χ1n) is 4.15. The van der Waals surface area contributed by atoms with E-state index in [1.54, 1.807) is 18.2 Å². The number of hydrogen-bond acceptors (Lipinski definition) is 3. The number of halogens is 1. The summed E-state index contributed by atoms with van der Waals surface area (Å²) in [4.78, 5) is 11.4. The standard InChI is InChI=1S/C10H11BrO3/c11-4-10(14)9-2-1-7(5-12)3-8(9)6-13/h1-3,12-13H,4-6H2. The third-order valence-corrected chi connectivity index (χ3v) is 2.45. The molecule has 1 rings (SSSR count). The molecule has 0 fully saturated rings. The van der Waals surface area contributed by atoms with Crippen LogP contribution in [0.25, 0.3) is 0 Å². The second kappa shape index (κ2) is 5.24. The monoisotopic (exact) mass is 258 g/mol. The Hall–Kier alpha value is -0.710. The Kier molecular flexibility index (Phi) is 4.25. The summed E-state index contributed by atoms with van der Waals surface area (Å²) in [6.45, 7) is -0.280. The predicted molar refractivity (Wildman–Crippen MR) is 56.4 cm³/mol. The molecule has 76 valence electrons. The van der Waals surface area contributed by atoms with Crippen LogP contribution in [0.2, 0.25) is 0 Å². The lowest BCUT2D eigenvalue weighted by Gasteiger charge is -2.06. The molecule has 1 aromatic rings. The average Bonchev–Trinajstić information content (AvgIpc) is 2.27. The van der Waals surface area contributed by atoms with Gasteiger partial charge in [-0.05, 0) is 11.1 Å². The minimum atomic E-state index is -0.193. The van der Waals surface area contributed by atoms with E-state index in [9.17, 15) is 4.79 Å². The molecule has 0 atom stereocenters. The molecule has 1 aromatic carbocycles. The Morgan fingerprint density at radius 1 is 1.29 bits per heavy atom. The minimum absolute atomic E-state index is 0.0708. The van der Waals surface area contributed by atoms with Gasteiger partial charge in [-0.1, -0.05) is 34.1 Å². The van der Waals surface area contributed by atoms with Gasteiger partial charge in [0.1, 0.15) is 0 Å². The van der Waals surface area contributed by atoms with Crippen LogP contribution >= 0.6 is 15.9 Å². The van der Waals surface area contributed by atoms with Gasteiger partial charge >= 0.3 is 0 Å². The van der Waals surface area contributed by atoms with Gasteiger partial charge in [-0.25, -0.2) is 0 Å². The van der Waals surface area contributed by atoms with E-state index in [-0.39, 0.29) is 24.3 Å². The second-order valence-corrected chi connectivity index (χ2v) is 3.43. The molecule has 2 N–H and O–H groups in total. The van der Waals surface area contributed by atoms with Crippen molar-refractivity contribution in [1.82, 2.24) is 0 Å². The largest absolute Gasteiger partial charge is 0.392 e. The van der Waals surface area contributed by atoms with Crippen LogP contribution in [0.3, 0.4) is 0 Å². The fourth-order valence-corrected chi connectivity index (χ4v) is 1.52. The number of aliphatic hydroxyl groups excluding tert-OH is 2. The van der Waals surface area contributed by atoms with E-state index in [1.165, 1.54) is 0 Å². The van der Waals surface area contributed by atoms with Gasteiger partial charge < -0.3 is 10.2 Å². The first-order valence-corrected chi connectivity index (χ1v) is 5.27. The summed E-state index contributed by atoms with van der Waals surface area (Å²) >= 11 is 3.07. The number of alkyl halides is 1. The average molecular weight is 259 g/mol. The highest BCUT2D eigenvalue weighted by Gasteiger charge is 2.09. The molecule has 0 aliphatic carbocycles. The first-order chi connectivity index (χ1) is 6.72. The van der Waals surface area contributed by atoms with Crippen LogP contribution in [0.5, 0.6) is 0 Å². The Labute approximate surface area is 90.5 Å². The second-order valence-electron chi connectivity index (χ2n) is 2.86. The van der Waals surface area contributed by atoms with Gasteiger partial charge in [-0.2, -0.15) is 0 Å². The highest BCUT2D eigenvalue weighted by molar-refractivity contribution is 9.09. The van der Waals surface area contributed by atoms with Crippen molar-refractivity contribution < 1.29 is 15.0 Å². The number of carbonyl (C=O) groups excluding carboxylic acids is 1. The molecule has 0 saturated heterocycles. The van der Waals surface area contributed by atoms with Crippen LogP contribution < -0.4 is 0 Å². The molecule has 0 spiro atoms. The lowest BCUT2D eigenvalue weighted by molar-refractivity contribution is 0.102. The maximum Gasteiger partial charge on any atom is 0.173 e. The van der Waals surface area contributed by atoms with Crippen LogP contribution in [0, 0.1) is 0 Å². The molecule has 0 bridgehead atoms. The van der Waals surface area contributed by atoms with Crippen molar-refractivity contribution in [2.45, 2.75) is 13.2 Å². The predicted octanol–water partition coefficient (Wildman–Crippen LogP) is 1.25. The normalized spacial score (nSPS) is 10.2. The molecule has 0 heterocycles. The van der Waals surface area contributed by atoms with Crippen molar-refractivity contribution >= 4 is 21.7 Å². The fraction of sp³-hybridized carbons (Fsp3) is 0.300. The Morgan fingerprint density at radius 3 is 2.50 bits per heavy atom. The molecule has 0 radical (unpaired) electrons. The van der Waals surface area contributed by atoms with Gasteiger partial charge in [0.05, 0.1) is 18.5 Å². The highest BCUT2D eigenvalue weighted by atomic mass is 79.9. The van der Waals surface area contributed by atoms with Crippen molar-refractivity contribution in [2.24, 2.45) is 0 Å². The van der Waals surface area contributed by atoms with Gasteiger partial charge in [0, 0.05) is 5.56 Å². The number of carbonyl (C=O) groups is 1. The summed E-state index contributed by atoms with van der Waals surface area (Å²) in [7, 11) is 0. The molecule has 0 unspecified atom stereocenters. The van der Waals surface area contributed by atoms with E-state index in [4.69, 9.17) is 10.2 Å². The maximum atomic E-state index is 11.4. The zero-order valence-corrected chi connectivity index (χ0v) is 9.12. The van der Waals surface area contributed by atoms with E-state index in [0.29, 0.717) is 16.7 Å².